The molecule has 1 aliphatic heterocycles. The molecule has 1 aromatic heterocycles. The highest BCUT2D eigenvalue weighted by atomic mass is 16.2. The molecule has 0 bridgehead atoms. The summed E-state index contributed by atoms with van der Waals surface area (Å²) >= 11 is 0. The summed E-state index contributed by atoms with van der Waals surface area (Å²) in [5.41, 5.74) is 3.35. The van der Waals surface area contributed by atoms with E-state index in [1.165, 1.54) is 5.56 Å². The summed E-state index contributed by atoms with van der Waals surface area (Å²) in [5.74, 6) is 1.22. The van der Waals surface area contributed by atoms with Crippen LogP contribution in [0.1, 0.15) is 37.7 Å². The van der Waals surface area contributed by atoms with Gasteiger partial charge in [-0.1, -0.05) is 0 Å². The number of carbonyl (C=O) groups excluding carboxylic acids is 1. The third-order valence-corrected chi connectivity index (χ3v) is 4.22. The Labute approximate surface area is 131 Å². The quantitative estimate of drug-likeness (QED) is 0.944. The minimum atomic E-state index is 0.130. The highest BCUT2D eigenvalue weighted by Gasteiger charge is 2.23. The summed E-state index contributed by atoms with van der Waals surface area (Å²) in [5, 5.41) is 3.49. The summed E-state index contributed by atoms with van der Waals surface area (Å²) in [4.78, 5) is 18.2. The molecule has 1 amide bonds. The number of amides is 1. The lowest BCUT2D eigenvalue weighted by molar-refractivity contribution is -0.118. The maximum absolute atomic E-state index is 11.9. The molecular weight excluding hydrogens is 276 g/mol. The van der Waals surface area contributed by atoms with Crippen molar-refractivity contribution in [2.75, 3.05) is 16.8 Å². The van der Waals surface area contributed by atoms with E-state index >= 15 is 0 Å². The average molecular weight is 298 g/mol. The first-order valence-corrected chi connectivity index (χ1v) is 7.77. The van der Waals surface area contributed by atoms with Crippen molar-refractivity contribution in [3.8, 4) is 0 Å². The molecule has 5 nitrogen and oxygen atoms in total. The molecule has 1 aromatic carbocycles. The van der Waals surface area contributed by atoms with Crippen LogP contribution in [0.3, 0.4) is 0 Å². The van der Waals surface area contributed by atoms with Gasteiger partial charge in [0.25, 0.3) is 0 Å². The van der Waals surface area contributed by atoms with Crippen molar-refractivity contribution in [3.05, 3.63) is 42.0 Å². The van der Waals surface area contributed by atoms with E-state index in [1.807, 2.05) is 48.0 Å². The second kappa shape index (κ2) is 5.83. The number of aryl methyl sites for hydroxylation is 2. The van der Waals surface area contributed by atoms with E-state index < -0.39 is 0 Å². The van der Waals surface area contributed by atoms with Gasteiger partial charge in [0.1, 0.15) is 5.82 Å². The molecule has 1 N–H and O–H groups in total. The van der Waals surface area contributed by atoms with E-state index in [-0.39, 0.29) is 11.9 Å². The van der Waals surface area contributed by atoms with Crippen molar-refractivity contribution < 1.29 is 4.79 Å². The van der Waals surface area contributed by atoms with Crippen molar-refractivity contribution in [1.29, 1.82) is 0 Å². The number of nitrogens with one attached hydrogen (secondary N) is 1. The zero-order valence-corrected chi connectivity index (χ0v) is 13.3. The van der Waals surface area contributed by atoms with Gasteiger partial charge in [-0.2, -0.15) is 0 Å². The topological polar surface area (TPSA) is 50.2 Å². The average Bonchev–Trinajstić information content (AvgIpc) is 2.93. The summed E-state index contributed by atoms with van der Waals surface area (Å²) in [6.45, 7) is 4.84. The minimum Gasteiger partial charge on any atom is -0.375 e. The number of imidazole rings is 1. The number of carbonyl (C=O) groups is 1. The Kier molecular flexibility index (Phi) is 3.88. The van der Waals surface area contributed by atoms with Crippen LogP contribution in [0, 0.1) is 0 Å². The van der Waals surface area contributed by atoms with Crippen LogP contribution in [-0.2, 0) is 18.3 Å². The van der Waals surface area contributed by atoms with Crippen LogP contribution in [0.2, 0.25) is 0 Å². The second-order valence-corrected chi connectivity index (χ2v) is 5.74. The van der Waals surface area contributed by atoms with Gasteiger partial charge in [-0.25, -0.2) is 4.98 Å². The molecule has 0 spiro atoms. The van der Waals surface area contributed by atoms with Crippen molar-refractivity contribution >= 4 is 17.3 Å². The van der Waals surface area contributed by atoms with E-state index in [1.54, 1.807) is 0 Å². The number of fused-ring (bicyclic) bond motifs is 1. The standard InChI is InChI=1S/C17H22N4O/c1-4-21-15-7-6-14(11-13(15)5-8-16(21)22)19-12(2)17-18-9-10-20(17)3/h6-7,9-12,19H,4-5,8H2,1-3H3. The molecule has 116 valence electrons. The molecule has 1 aliphatic rings. The Morgan fingerprint density at radius 1 is 1.36 bits per heavy atom. The van der Waals surface area contributed by atoms with Crippen LogP contribution in [0.5, 0.6) is 0 Å². The van der Waals surface area contributed by atoms with Gasteiger partial charge in [-0.15, -0.1) is 0 Å². The van der Waals surface area contributed by atoms with E-state index in [4.69, 9.17) is 0 Å². The van der Waals surface area contributed by atoms with Gasteiger partial charge in [0.15, 0.2) is 0 Å². The third-order valence-electron chi connectivity index (χ3n) is 4.22. The largest absolute Gasteiger partial charge is 0.375 e. The number of benzene rings is 1. The minimum absolute atomic E-state index is 0.130. The first kappa shape index (κ1) is 14.6. The maximum atomic E-state index is 11.9. The fourth-order valence-electron chi connectivity index (χ4n) is 3.11. The Balaban J connectivity index is 1.82. The number of hydrogen-bond donors (Lipinski definition) is 1. The lowest BCUT2D eigenvalue weighted by Gasteiger charge is -2.29. The molecule has 2 heterocycles. The number of rotatable bonds is 4. The zero-order valence-electron chi connectivity index (χ0n) is 13.3. The number of aromatic nitrogens is 2. The lowest BCUT2D eigenvalue weighted by Crippen LogP contribution is -2.34. The van der Waals surface area contributed by atoms with Gasteiger partial charge in [0, 0.05) is 43.8 Å². The highest BCUT2D eigenvalue weighted by Crippen LogP contribution is 2.31. The van der Waals surface area contributed by atoms with Gasteiger partial charge in [0.2, 0.25) is 5.91 Å². The lowest BCUT2D eigenvalue weighted by atomic mass is 10.0. The molecule has 0 saturated heterocycles. The smallest absolute Gasteiger partial charge is 0.227 e. The van der Waals surface area contributed by atoms with Crippen LogP contribution in [0.4, 0.5) is 11.4 Å². The van der Waals surface area contributed by atoms with Gasteiger partial charge in [-0.3, -0.25) is 4.79 Å². The highest BCUT2D eigenvalue weighted by molar-refractivity contribution is 5.96. The molecule has 22 heavy (non-hydrogen) atoms. The predicted octanol–water partition coefficient (Wildman–Crippen LogP) is 2.89. The Hall–Kier alpha value is -2.30. The van der Waals surface area contributed by atoms with E-state index in [0.29, 0.717) is 6.42 Å². The normalized spacial score (nSPS) is 15.6. The second-order valence-electron chi connectivity index (χ2n) is 5.74. The zero-order chi connectivity index (χ0) is 15.7. The third kappa shape index (κ3) is 2.58. The molecule has 2 aromatic rings. The molecule has 0 fully saturated rings. The fraction of sp³-hybridized carbons (Fsp3) is 0.412. The molecular formula is C17H22N4O. The SMILES string of the molecule is CCN1C(=O)CCc2cc(NC(C)c3nccn3C)ccc21. The molecule has 3 rings (SSSR count). The Morgan fingerprint density at radius 3 is 2.86 bits per heavy atom. The van der Waals surface area contributed by atoms with Crippen LogP contribution >= 0.6 is 0 Å². The summed E-state index contributed by atoms with van der Waals surface area (Å²) in [6, 6.07) is 6.37. The molecule has 0 radical (unpaired) electrons. The number of nitrogens with zero attached hydrogens (tertiary/aromatic N) is 3. The maximum Gasteiger partial charge on any atom is 0.227 e. The predicted molar refractivity (Wildman–Crippen MR) is 88.0 cm³/mol. The fourth-order valence-corrected chi connectivity index (χ4v) is 3.11. The first-order chi connectivity index (χ1) is 10.6. The molecule has 0 aliphatic carbocycles. The first-order valence-electron chi connectivity index (χ1n) is 7.77. The van der Waals surface area contributed by atoms with Crippen LogP contribution in [-0.4, -0.2) is 22.0 Å². The van der Waals surface area contributed by atoms with Crippen LogP contribution < -0.4 is 10.2 Å². The molecule has 1 unspecified atom stereocenters. The van der Waals surface area contributed by atoms with Gasteiger partial charge in [0.05, 0.1) is 6.04 Å². The van der Waals surface area contributed by atoms with Crippen molar-refractivity contribution in [2.45, 2.75) is 32.7 Å². The van der Waals surface area contributed by atoms with Crippen LogP contribution in [0.25, 0.3) is 0 Å². The van der Waals surface area contributed by atoms with Gasteiger partial charge >= 0.3 is 0 Å². The molecule has 1 atom stereocenters. The summed E-state index contributed by atoms with van der Waals surface area (Å²) < 4.78 is 2.02. The molecule has 0 saturated carbocycles. The molecule has 5 heteroatoms. The van der Waals surface area contributed by atoms with E-state index in [9.17, 15) is 4.79 Å². The Bertz CT molecular complexity index is 692. The summed E-state index contributed by atoms with van der Waals surface area (Å²) in [6.07, 6.45) is 5.17. The van der Waals surface area contributed by atoms with E-state index in [0.717, 1.165) is 30.2 Å². The monoisotopic (exact) mass is 298 g/mol. The van der Waals surface area contributed by atoms with Crippen molar-refractivity contribution in [1.82, 2.24) is 9.55 Å². The van der Waals surface area contributed by atoms with Crippen LogP contribution in [0.15, 0.2) is 30.6 Å². The Morgan fingerprint density at radius 2 is 2.18 bits per heavy atom. The van der Waals surface area contributed by atoms with E-state index in [2.05, 4.69) is 23.3 Å². The van der Waals surface area contributed by atoms with Gasteiger partial charge in [-0.05, 0) is 44.0 Å². The summed E-state index contributed by atoms with van der Waals surface area (Å²) in [7, 11) is 2.00. The van der Waals surface area contributed by atoms with Crippen molar-refractivity contribution in [2.24, 2.45) is 7.05 Å². The van der Waals surface area contributed by atoms with Gasteiger partial charge < -0.3 is 14.8 Å². The number of anilines is 2. The van der Waals surface area contributed by atoms with Crippen molar-refractivity contribution in [3.63, 3.8) is 0 Å². The number of hydrogen-bond acceptors (Lipinski definition) is 3.